The van der Waals surface area contributed by atoms with Gasteiger partial charge in [0.2, 0.25) is 0 Å². The van der Waals surface area contributed by atoms with Crippen LogP contribution in [0, 0.1) is 10.8 Å². The number of benzene rings is 1. The van der Waals surface area contributed by atoms with Crippen LogP contribution in [0.2, 0.25) is 0 Å². The number of aromatic nitrogens is 5. The minimum Gasteiger partial charge on any atom is -0.507 e. The minimum absolute atomic E-state index is 0.128. The second-order valence-electron chi connectivity index (χ2n) is 9.24. The maximum Gasteiger partial charge on any atom is 0.185 e. The maximum atomic E-state index is 10.4. The van der Waals surface area contributed by atoms with Crippen LogP contribution in [0.4, 0.5) is 0 Å². The lowest BCUT2D eigenvalue weighted by Gasteiger charge is -2.39. The molecule has 0 saturated heterocycles. The predicted molar refractivity (Wildman–Crippen MR) is 113 cm³/mol. The topological polar surface area (TPSA) is 76.7 Å². The molecule has 3 atom stereocenters. The summed E-state index contributed by atoms with van der Waals surface area (Å²) in [6.45, 7) is 4.88. The van der Waals surface area contributed by atoms with E-state index in [9.17, 15) is 5.11 Å². The van der Waals surface area contributed by atoms with Crippen molar-refractivity contribution in [3.63, 3.8) is 0 Å². The molecule has 0 amide bonds. The van der Waals surface area contributed by atoms with Crippen LogP contribution in [-0.4, -0.2) is 35.1 Å². The zero-order valence-corrected chi connectivity index (χ0v) is 17.6. The van der Waals surface area contributed by atoms with E-state index in [1.807, 2.05) is 34.7 Å². The molecule has 3 aromatic rings. The van der Waals surface area contributed by atoms with E-state index in [1.165, 1.54) is 32.1 Å². The number of imidazole rings is 1. The molecule has 150 valence electrons. The van der Waals surface area contributed by atoms with Crippen LogP contribution in [0.25, 0.3) is 17.1 Å². The predicted octanol–water partition coefficient (Wildman–Crippen LogP) is 4.88. The number of aromatic hydroxyl groups is 1. The third-order valence-electron chi connectivity index (χ3n) is 6.48. The Bertz CT molecular complexity index is 1000. The second-order valence-corrected chi connectivity index (χ2v) is 10.6. The Labute approximate surface area is 174 Å². The molecule has 0 radical (unpaired) electrons. The molecule has 1 N–H and O–H groups in total. The normalized spacial score (nSPS) is 28.6. The van der Waals surface area contributed by atoms with Crippen LogP contribution < -0.4 is 0 Å². The van der Waals surface area contributed by atoms with Gasteiger partial charge in [0.25, 0.3) is 0 Å². The molecular formula is C22H25N5OS. The first-order valence-corrected chi connectivity index (χ1v) is 11.0. The average molecular weight is 408 g/mol. The first-order chi connectivity index (χ1) is 13.9. The van der Waals surface area contributed by atoms with E-state index in [-0.39, 0.29) is 5.75 Å². The van der Waals surface area contributed by atoms with Crippen molar-refractivity contribution in [3.8, 4) is 22.8 Å². The SMILES string of the molecule is C[C@]12CC[C@](C)(CC(Sc3cnc(-c4ccc(-n5ccnc5)cc4O)nn3)C1)C2. The van der Waals surface area contributed by atoms with Gasteiger partial charge in [0.05, 0.1) is 23.8 Å². The lowest BCUT2D eigenvalue weighted by molar-refractivity contribution is 0.177. The van der Waals surface area contributed by atoms with Gasteiger partial charge in [-0.3, -0.25) is 0 Å². The molecule has 2 aliphatic carbocycles. The molecule has 0 aliphatic heterocycles. The molecule has 2 saturated carbocycles. The molecule has 0 spiro atoms. The number of nitrogens with zero attached hydrogens (tertiary/aromatic N) is 5. The van der Waals surface area contributed by atoms with E-state index < -0.39 is 0 Å². The standard InChI is InChI=1S/C22H25N5OS/c1-21-5-6-22(2,13-21)11-16(10-21)29-19-12-24-20(26-25-19)17-4-3-15(9-18(17)28)27-8-7-23-14-27/h3-4,7-9,12,14,16,28H,5-6,10-11,13H2,1-2H3/t16?,21-,22+. The van der Waals surface area contributed by atoms with Gasteiger partial charge < -0.3 is 9.67 Å². The summed E-state index contributed by atoms with van der Waals surface area (Å²) in [5, 5.41) is 20.6. The summed E-state index contributed by atoms with van der Waals surface area (Å²) in [4.78, 5) is 8.51. The number of phenols is 1. The van der Waals surface area contributed by atoms with Gasteiger partial charge >= 0.3 is 0 Å². The van der Waals surface area contributed by atoms with E-state index >= 15 is 0 Å². The third-order valence-corrected chi connectivity index (χ3v) is 7.57. The van der Waals surface area contributed by atoms with Gasteiger partial charge in [-0.05, 0) is 55.1 Å². The Balaban J connectivity index is 1.32. The quantitative estimate of drug-likeness (QED) is 0.664. The van der Waals surface area contributed by atoms with Crippen LogP contribution >= 0.6 is 11.8 Å². The highest BCUT2D eigenvalue weighted by atomic mass is 32.2. The molecule has 1 unspecified atom stereocenters. The summed E-state index contributed by atoms with van der Waals surface area (Å²) >= 11 is 1.81. The molecule has 2 heterocycles. The molecule has 2 aromatic heterocycles. The Morgan fingerprint density at radius 2 is 1.93 bits per heavy atom. The van der Waals surface area contributed by atoms with E-state index in [4.69, 9.17) is 0 Å². The summed E-state index contributed by atoms with van der Waals surface area (Å²) < 4.78 is 1.83. The fourth-order valence-corrected chi connectivity index (χ4v) is 6.82. The summed E-state index contributed by atoms with van der Waals surface area (Å²) in [5.41, 5.74) is 2.37. The maximum absolute atomic E-state index is 10.4. The van der Waals surface area contributed by atoms with E-state index in [2.05, 4.69) is 34.0 Å². The number of hydrogen-bond donors (Lipinski definition) is 1. The van der Waals surface area contributed by atoms with Crippen LogP contribution in [0.1, 0.15) is 46.0 Å². The van der Waals surface area contributed by atoms with E-state index in [0.29, 0.717) is 27.5 Å². The number of rotatable bonds is 4. The van der Waals surface area contributed by atoms with E-state index in [0.717, 1.165) is 10.7 Å². The summed E-state index contributed by atoms with van der Waals surface area (Å²) in [6, 6.07) is 5.40. The van der Waals surface area contributed by atoms with Crippen molar-refractivity contribution in [2.75, 3.05) is 0 Å². The van der Waals surface area contributed by atoms with Gasteiger partial charge in [-0.25, -0.2) is 9.97 Å². The van der Waals surface area contributed by atoms with Crippen molar-refractivity contribution in [2.45, 2.75) is 56.2 Å². The van der Waals surface area contributed by atoms with Crippen LogP contribution in [0.5, 0.6) is 5.75 Å². The van der Waals surface area contributed by atoms with Gasteiger partial charge in [0.15, 0.2) is 5.82 Å². The van der Waals surface area contributed by atoms with Crippen LogP contribution in [0.3, 0.4) is 0 Å². The van der Waals surface area contributed by atoms with Crippen molar-refractivity contribution >= 4 is 11.8 Å². The smallest absolute Gasteiger partial charge is 0.185 e. The first kappa shape index (κ1) is 18.6. The van der Waals surface area contributed by atoms with Crippen molar-refractivity contribution < 1.29 is 5.11 Å². The fourth-order valence-electron chi connectivity index (χ4n) is 5.31. The molecule has 2 bridgehead atoms. The lowest BCUT2D eigenvalue weighted by Crippen LogP contribution is -2.31. The molecule has 1 aromatic carbocycles. The van der Waals surface area contributed by atoms with Gasteiger partial charge in [0, 0.05) is 23.7 Å². The van der Waals surface area contributed by atoms with Crippen molar-refractivity contribution in [1.29, 1.82) is 0 Å². The highest BCUT2D eigenvalue weighted by molar-refractivity contribution is 7.99. The summed E-state index contributed by atoms with van der Waals surface area (Å²) in [6.07, 6.45) is 13.5. The summed E-state index contributed by atoms with van der Waals surface area (Å²) in [5.74, 6) is 0.565. The van der Waals surface area contributed by atoms with Crippen molar-refractivity contribution in [1.82, 2.24) is 24.7 Å². The third kappa shape index (κ3) is 3.64. The molecular weight excluding hydrogens is 382 g/mol. The Hall–Kier alpha value is -2.41. The molecule has 2 fully saturated rings. The Morgan fingerprint density at radius 1 is 1.14 bits per heavy atom. The van der Waals surface area contributed by atoms with E-state index in [1.54, 1.807) is 24.8 Å². The largest absolute Gasteiger partial charge is 0.507 e. The molecule has 29 heavy (non-hydrogen) atoms. The number of fused-ring (bicyclic) bond motifs is 2. The van der Waals surface area contributed by atoms with Gasteiger partial charge in [-0.1, -0.05) is 25.6 Å². The zero-order valence-electron chi connectivity index (χ0n) is 16.7. The number of hydrogen-bond acceptors (Lipinski definition) is 6. The summed E-state index contributed by atoms with van der Waals surface area (Å²) in [7, 11) is 0. The fraction of sp³-hybridized carbons (Fsp3) is 0.455. The number of thioether (sulfide) groups is 1. The molecule has 6 nitrogen and oxygen atoms in total. The minimum atomic E-state index is 0.128. The average Bonchev–Trinajstić information content (AvgIpc) is 3.28. The first-order valence-electron chi connectivity index (χ1n) is 10.1. The highest BCUT2D eigenvalue weighted by Gasteiger charge is 2.49. The lowest BCUT2D eigenvalue weighted by atomic mass is 9.71. The van der Waals surface area contributed by atoms with Gasteiger partial charge in [-0.15, -0.1) is 10.2 Å². The Kier molecular flexibility index (Phi) is 4.38. The van der Waals surface area contributed by atoms with Crippen molar-refractivity contribution in [3.05, 3.63) is 43.1 Å². The van der Waals surface area contributed by atoms with Gasteiger partial charge in [-0.2, -0.15) is 0 Å². The van der Waals surface area contributed by atoms with Crippen LogP contribution in [-0.2, 0) is 0 Å². The zero-order chi connectivity index (χ0) is 20.1. The highest BCUT2D eigenvalue weighted by Crippen LogP contribution is 2.60. The molecule has 5 rings (SSSR count). The van der Waals surface area contributed by atoms with Crippen LogP contribution in [0.15, 0.2) is 48.1 Å². The Morgan fingerprint density at radius 3 is 2.55 bits per heavy atom. The molecule has 2 aliphatic rings. The monoisotopic (exact) mass is 407 g/mol. The van der Waals surface area contributed by atoms with Crippen molar-refractivity contribution in [2.24, 2.45) is 10.8 Å². The number of phenolic OH excluding ortho intramolecular Hbond substituents is 1. The van der Waals surface area contributed by atoms with Gasteiger partial charge in [0.1, 0.15) is 10.8 Å². The molecule has 7 heteroatoms. The second kappa shape index (κ2) is 6.83.